The molecular weight excluding hydrogens is 330 g/mol. The van der Waals surface area contributed by atoms with Gasteiger partial charge >= 0.3 is 0 Å². The number of carbonyl (C=O) groups is 6. The minimum absolute atomic E-state index is 0.321. The van der Waals surface area contributed by atoms with E-state index in [2.05, 4.69) is 10.6 Å². The molecule has 4 N–H and O–H groups in total. The molecule has 25 heavy (non-hydrogen) atoms. The van der Waals surface area contributed by atoms with Crippen LogP contribution >= 0.6 is 0 Å². The third kappa shape index (κ3) is 1.92. The van der Waals surface area contributed by atoms with E-state index in [1.807, 2.05) is 0 Å². The van der Waals surface area contributed by atoms with Crippen LogP contribution in [0.4, 0.5) is 0 Å². The quantitative estimate of drug-likeness (QED) is 0.438. The van der Waals surface area contributed by atoms with E-state index in [4.69, 9.17) is 5.73 Å². The highest BCUT2D eigenvalue weighted by molar-refractivity contribution is 6.30. The van der Waals surface area contributed by atoms with Crippen LogP contribution in [0.25, 0.3) is 0 Å². The summed E-state index contributed by atoms with van der Waals surface area (Å²) in [5.41, 5.74) is 1.55. The number of rotatable bonds is 1. The maximum Gasteiger partial charge on any atom is 0.245 e. The third-order valence-corrected chi connectivity index (χ3v) is 5.14. The van der Waals surface area contributed by atoms with Gasteiger partial charge in [-0.1, -0.05) is 6.92 Å². The summed E-state index contributed by atoms with van der Waals surface area (Å²) < 4.78 is 0. The minimum Gasteiger partial charge on any atom is -0.345 e. The van der Waals surface area contributed by atoms with Gasteiger partial charge in [-0.2, -0.15) is 0 Å². The van der Waals surface area contributed by atoms with Gasteiger partial charge in [0.1, 0.15) is 17.0 Å². The highest BCUT2D eigenvalue weighted by atomic mass is 16.2. The van der Waals surface area contributed by atoms with Crippen LogP contribution in [0.3, 0.4) is 0 Å². The number of amides is 2. The van der Waals surface area contributed by atoms with Gasteiger partial charge in [0.2, 0.25) is 11.8 Å². The van der Waals surface area contributed by atoms with Crippen molar-refractivity contribution in [3.05, 3.63) is 24.3 Å². The van der Waals surface area contributed by atoms with E-state index in [9.17, 15) is 28.8 Å². The molecule has 4 unspecified atom stereocenters. The molecule has 1 aliphatic heterocycles. The Hall–Kier alpha value is -2.94. The minimum atomic E-state index is -2.42. The van der Waals surface area contributed by atoms with Gasteiger partial charge in [0, 0.05) is 5.92 Å². The van der Waals surface area contributed by atoms with Crippen molar-refractivity contribution in [2.45, 2.75) is 18.5 Å². The van der Waals surface area contributed by atoms with Crippen molar-refractivity contribution in [2.75, 3.05) is 6.54 Å². The summed E-state index contributed by atoms with van der Waals surface area (Å²) in [6.07, 6.45) is 3.65. The number of nitrogens with one attached hydrogen (secondary N) is 2. The maximum atomic E-state index is 12.8. The van der Waals surface area contributed by atoms with E-state index in [0.717, 1.165) is 24.3 Å². The van der Waals surface area contributed by atoms with Gasteiger partial charge in [0.25, 0.3) is 0 Å². The second-order valence-corrected chi connectivity index (χ2v) is 6.28. The monoisotopic (exact) mass is 345 g/mol. The maximum absolute atomic E-state index is 12.8. The average molecular weight is 345 g/mol. The number of allylic oxidation sites excluding steroid dienone is 3. The Kier molecular flexibility index (Phi) is 3.57. The molecule has 1 heterocycles. The van der Waals surface area contributed by atoms with Gasteiger partial charge in [-0.3, -0.25) is 28.8 Å². The summed E-state index contributed by atoms with van der Waals surface area (Å²) in [6.45, 7) is 0.983. The predicted octanol–water partition coefficient (Wildman–Crippen LogP) is -2.66. The Balaban J connectivity index is 2.30. The molecule has 0 aromatic rings. The Labute approximate surface area is 141 Å². The molecule has 2 aliphatic carbocycles. The normalized spacial score (nSPS) is 38.2. The lowest BCUT2D eigenvalue weighted by Crippen LogP contribution is -2.82. The SMILES string of the molecule is CC1C(=O)C=CC(=O)C12C(=O)C=CC(=O)C2(N)C1NC(=O)CNC1=O. The van der Waals surface area contributed by atoms with Gasteiger partial charge < -0.3 is 16.4 Å². The van der Waals surface area contributed by atoms with Crippen LogP contribution < -0.4 is 16.4 Å². The van der Waals surface area contributed by atoms with Crippen molar-refractivity contribution in [1.82, 2.24) is 10.6 Å². The highest BCUT2D eigenvalue weighted by Gasteiger charge is 2.71. The third-order valence-electron chi connectivity index (χ3n) is 5.14. The number of nitrogens with two attached hydrogens (primary N) is 1. The van der Waals surface area contributed by atoms with Gasteiger partial charge in [0.05, 0.1) is 6.54 Å². The first-order valence-corrected chi connectivity index (χ1v) is 7.56. The first-order chi connectivity index (χ1) is 11.7. The van der Waals surface area contributed by atoms with Crippen molar-refractivity contribution in [2.24, 2.45) is 17.1 Å². The largest absolute Gasteiger partial charge is 0.345 e. The van der Waals surface area contributed by atoms with E-state index in [1.165, 1.54) is 6.92 Å². The topological polar surface area (TPSA) is 152 Å². The highest BCUT2D eigenvalue weighted by Crippen LogP contribution is 2.47. The summed E-state index contributed by atoms with van der Waals surface area (Å²) >= 11 is 0. The molecule has 3 aliphatic rings. The van der Waals surface area contributed by atoms with Crippen molar-refractivity contribution >= 4 is 34.9 Å². The molecule has 0 bridgehead atoms. The van der Waals surface area contributed by atoms with Crippen LogP contribution in [-0.2, 0) is 28.8 Å². The first kappa shape index (κ1) is 16.9. The molecule has 130 valence electrons. The molecule has 0 aromatic heterocycles. The number of piperazine rings is 1. The van der Waals surface area contributed by atoms with Gasteiger partial charge in [-0.25, -0.2) is 0 Å². The lowest BCUT2D eigenvalue weighted by Gasteiger charge is -2.52. The van der Waals surface area contributed by atoms with Crippen molar-refractivity contribution in [3.8, 4) is 0 Å². The molecule has 1 spiro atoms. The standard InChI is InChI=1S/C16H15N3O6/c1-7-8(20)2-3-9(21)15(7)10(22)4-5-11(23)16(15,17)13-14(25)18-6-12(24)19-13/h2-5,7,13H,6,17H2,1H3,(H,18,25)(H,19,24). The Bertz CT molecular complexity index is 803. The van der Waals surface area contributed by atoms with Crippen molar-refractivity contribution in [3.63, 3.8) is 0 Å². The number of hydrogen-bond donors (Lipinski definition) is 3. The van der Waals surface area contributed by atoms with E-state index in [1.54, 1.807) is 0 Å². The van der Waals surface area contributed by atoms with E-state index >= 15 is 0 Å². The van der Waals surface area contributed by atoms with E-state index in [-0.39, 0.29) is 6.54 Å². The molecule has 0 saturated carbocycles. The van der Waals surface area contributed by atoms with Crippen LogP contribution in [0.2, 0.25) is 0 Å². The zero-order valence-electron chi connectivity index (χ0n) is 13.2. The summed E-state index contributed by atoms with van der Waals surface area (Å²) in [5, 5.41) is 4.55. The molecule has 2 amide bonds. The fourth-order valence-electron chi connectivity index (χ4n) is 3.81. The fourth-order valence-corrected chi connectivity index (χ4v) is 3.81. The van der Waals surface area contributed by atoms with Crippen molar-refractivity contribution < 1.29 is 28.8 Å². The molecule has 3 rings (SSSR count). The Morgan fingerprint density at radius 1 is 0.960 bits per heavy atom. The number of carbonyl (C=O) groups excluding carboxylic acids is 6. The lowest BCUT2D eigenvalue weighted by atomic mass is 9.50. The van der Waals surface area contributed by atoms with E-state index in [0.29, 0.717) is 0 Å². The van der Waals surface area contributed by atoms with Crippen LogP contribution in [0.15, 0.2) is 24.3 Å². The number of ketones is 4. The van der Waals surface area contributed by atoms with Crippen LogP contribution in [0.5, 0.6) is 0 Å². The van der Waals surface area contributed by atoms with Crippen molar-refractivity contribution in [1.29, 1.82) is 0 Å². The molecule has 0 radical (unpaired) electrons. The predicted molar refractivity (Wildman–Crippen MR) is 81.8 cm³/mol. The van der Waals surface area contributed by atoms with Gasteiger partial charge in [-0.05, 0) is 24.3 Å². The summed E-state index contributed by atoms with van der Waals surface area (Å²) in [7, 11) is 0. The second-order valence-electron chi connectivity index (χ2n) is 6.28. The molecule has 4 atom stereocenters. The molecule has 0 aromatic carbocycles. The molecule has 1 saturated heterocycles. The first-order valence-electron chi connectivity index (χ1n) is 7.56. The van der Waals surface area contributed by atoms with E-state index < -0.39 is 57.9 Å². The Morgan fingerprint density at radius 2 is 1.52 bits per heavy atom. The average Bonchev–Trinajstić information content (AvgIpc) is 2.57. The zero-order valence-corrected chi connectivity index (χ0v) is 13.2. The van der Waals surface area contributed by atoms with Crippen LogP contribution in [-0.4, -0.2) is 53.1 Å². The molecule has 1 fully saturated rings. The Morgan fingerprint density at radius 3 is 2.16 bits per heavy atom. The molecule has 9 nitrogen and oxygen atoms in total. The second kappa shape index (κ2) is 5.28. The zero-order chi connectivity index (χ0) is 18.6. The molecule has 9 heteroatoms. The summed E-state index contributed by atoms with van der Waals surface area (Å²) in [6, 6.07) is -1.67. The van der Waals surface area contributed by atoms with Gasteiger partial charge in [0.15, 0.2) is 23.1 Å². The van der Waals surface area contributed by atoms with Crippen LogP contribution in [0.1, 0.15) is 6.92 Å². The van der Waals surface area contributed by atoms with Gasteiger partial charge in [-0.15, -0.1) is 0 Å². The summed E-state index contributed by atoms with van der Waals surface area (Å²) in [4.78, 5) is 74.5. The number of hydrogen-bond acceptors (Lipinski definition) is 7. The molecular formula is C16H15N3O6. The summed E-state index contributed by atoms with van der Waals surface area (Å²) in [5.74, 6) is -5.87. The fraction of sp³-hybridized carbons (Fsp3) is 0.375. The smallest absolute Gasteiger partial charge is 0.245 e. The van der Waals surface area contributed by atoms with Crippen LogP contribution in [0, 0.1) is 11.3 Å². The lowest BCUT2D eigenvalue weighted by molar-refractivity contribution is -0.160.